The quantitative estimate of drug-likeness (QED) is 0.704. The van der Waals surface area contributed by atoms with E-state index in [2.05, 4.69) is 16.0 Å². The second-order valence-electron chi connectivity index (χ2n) is 7.57. The fourth-order valence-electron chi connectivity index (χ4n) is 3.85. The first-order chi connectivity index (χ1) is 14.5. The van der Waals surface area contributed by atoms with Crippen LogP contribution in [0.1, 0.15) is 31.4 Å². The molecule has 2 fully saturated rings. The SMILES string of the molecule is C[C@H](NC1NC(=O)N(C2CCOCC2)C(=O)N1)c1cccc(-c2ccc(F)cc2)c1. The van der Waals surface area contributed by atoms with Crippen molar-refractivity contribution < 1.29 is 18.7 Å². The van der Waals surface area contributed by atoms with Crippen LogP contribution in [0.5, 0.6) is 0 Å². The molecule has 2 aliphatic heterocycles. The Hall–Kier alpha value is -2.97. The second-order valence-corrected chi connectivity index (χ2v) is 7.57. The maximum Gasteiger partial charge on any atom is 0.328 e. The molecule has 2 aromatic carbocycles. The molecule has 0 unspecified atom stereocenters. The third-order valence-corrected chi connectivity index (χ3v) is 5.51. The number of benzene rings is 2. The normalized spacial score (nSPS) is 19.3. The summed E-state index contributed by atoms with van der Waals surface area (Å²) in [5.74, 6) is -0.275. The number of rotatable bonds is 5. The number of nitrogens with zero attached hydrogens (tertiary/aromatic N) is 1. The van der Waals surface area contributed by atoms with E-state index in [4.69, 9.17) is 4.74 Å². The molecule has 158 valence electrons. The van der Waals surface area contributed by atoms with Crippen molar-refractivity contribution in [2.45, 2.75) is 38.1 Å². The highest BCUT2D eigenvalue weighted by Gasteiger charge is 2.37. The number of carbonyl (C=O) groups excluding carboxylic acids is 2. The number of hydrogen-bond donors (Lipinski definition) is 3. The predicted octanol–water partition coefficient (Wildman–Crippen LogP) is 3.34. The number of halogens is 1. The Balaban J connectivity index is 1.41. The number of amides is 4. The Kier molecular flexibility index (Phi) is 5.96. The highest BCUT2D eigenvalue weighted by Crippen LogP contribution is 2.24. The van der Waals surface area contributed by atoms with Crippen molar-refractivity contribution in [1.29, 1.82) is 0 Å². The molecular weight excluding hydrogens is 387 g/mol. The molecule has 8 heteroatoms. The molecule has 30 heavy (non-hydrogen) atoms. The summed E-state index contributed by atoms with van der Waals surface area (Å²) in [4.78, 5) is 26.3. The molecule has 2 heterocycles. The first kappa shape index (κ1) is 20.3. The van der Waals surface area contributed by atoms with Gasteiger partial charge < -0.3 is 15.4 Å². The Morgan fingerprint density at radius 3 is 2.37 bits per heavy atom. The minimum Gasteiger partial charge on any atom is -0.381 e. The van der Waals surface area contributed by atoms with E-state index in [0.717, 1.165) is 16.7 Å². The lowest BCUT2D eigenvalue weighted by Gasteiger charge is -2.39. The zero-order valence-corrected chi connectivity index (χ0v) is 16.7. The standard InChI is InChI=1S/C22H25FN4O3/c1-14(16-3-2-4-17(13-16)15-5-7-18(23)8-6-15)24-20-25-21(28)27(22(29)26-20)19-9-11-30-12-10-19/h2-8,13-14,19-20,24H,9-12H2,1H3,(H,25,28)(H,26,29)/t14-/m0/s1. The monoisotopic (exact) mass is 412 g/mol. The average Bonchev–Trinajstić information content (AvgIpc) is 2.74. The Labute approximate surface area is 174 Å². The number of urea groups is 2. The van der Waals surface area contributed by atoms with E-state index < -0.39 is 18.4 Å². The summed E-state index contributed by atoms with van der Waals surface area (Å²) in [7, 11) is 0. The molecule has 2 aliphatic rings. The van der Waals surface area contributed by atoms with Crippen LogP contribution in [0.15, 0.2) is 48.5 Å². The minimum atomic E-state index is -0.675. The van der Waals surface area contributed by atoms with Gasteiger partial charge in [-0.1, -0.05) is 30.3 Å². The van der Waals surface area contributed by atoms with Gasteiger partial charge in [-0.3, -0.25) is 5.32 Å². The van der Waals surface area contributed by atoms with E-state index in [1.807, 2.05) is 31.2 Å². The maximum absolute atomic E-state index is 13.2. The van der Waals surface area contributed by atoms with Crippen molar-refractivity contribution in [2.24, 2.45) is 0 Å². The Morgan fingerprint density at radius 1 is 1.03 bits per heavy atom. The van der Waals surface area contributed by atoms with Gasteiger partial charge in [0.25, 0.3) is 0 Å². The predicted molar refractivity (Wildman–Crippen MR) is 110 cm³/mol. The van der Waals surface area contributed by atoms with Crippen LogP contribution >= 0.6 is 0 Å². The van der Waals surface area contributed by atoms with Crippen LogP contribution in [-0.4, -0.2) is 42.5 Å². The highest BCUT2D eigenvalue weighted by molar-refractivity contribution is 5.96. The summed E-state index contributed by atoms with van der Waals surface area (Å²) >= 11 is 0. The first-order valence-electron chi connectivity index (χ1n) is 10.1. The molecule has 0 saturated carbocycles. The summed E-state index contributed by atoms with van der Waals surface area (Å²) < 4.78 is 18.5. The van der Waals surface area contributed by atoms with E-state index in [9.17, 15) is 14.0 Å². The van der Waals surface area contributed by atoms with Crippen LogP contribution in [0, 0.1) is 5.82 Å². The zero-order valence-electron chi connectivity index (χ0n) is 16.7. The maximum atomic E-state index is 13.2. The van der Waals surface area contributed by atoms with Gasteiger partial charge in [0.1, 0.15) is 5.82 Å². The molecule has 7 nitrogen and oxygen atoms in total. The van der Waals surface area contributed by atoms with Gasteiger partial charge in [-0.2, -0.15) is 0 Å². The lowest BCUT2D eigenvalue weighted by Crippen LogP contribution is -2.70. The second kappa shape index (κ2) is 8.81. The van der Waals surface area contributed by atoms with Crippen molar-refractivity contribution in [3.05, 3.63) is 59.9 Å². The smallest absolute Gasteiger partial charge is 0.328 e. The van der Waals surface area contributed by atoms with Crippen molar-refractivity contribution in [2.75, 3.05) is 13.2 Å². The molecule has 0 bridgehead atoms. The lowest BCUT2D eigenvalue weighted by molar-refractivity contribution is 0.0492. The first-order valence-corrected chi connectivity index (χ1v) is 10.1. The third-order valence-electron chi connectivity index (χ3n) is 5.51. The summed E-state index contributed by atoms with van der Waals surface area (Å²) in [5.41, 5.74) is 2.85. The molecule has 4 amide bonds. The molecule has 0 radical (unpaired) electrons. The number of hydrogen-bond acceptors (Lipinski definition) is 4. The van der Waals surface area contributed by atoms with Crippen molar-refractivity contribution in [3.8, 4) is 11.1 Å². The number of ether oxygens (including phenoxy) is 1. The summed E-state index contributed by atoms with van der Waals surface area (Å²) in [6.45, 7) is 3.04. The lowest BCUT2D eigenvalue weighted by atomic mass is 10.00. The fourth-order valence-corrected chi connectivity index (χ4v) is 3.85. The van der Waals surface area contributed by atoms with Crippen LogP contribution in [0.2, 0.25) is 0 Å². The van der Waals surface area contributed by atoms with Gasteiger partial charge in [-0.15, -0.1) is 0 Å². The molecule has 0 aromatic heterocycles. The molecule has 1 atom stereocenters. The zero-order chi connectivity index (χ0) is 21.1. The molecule has 3 N–H and O–H groups in total. The Morgan fingerprint density at radius 2 is 1.70 bits per heavy atom. The molecule has 0 spiro atoms. The highest BCUT2D eigenvalue weighted by atomic mass is 19.1. The molecule has 0 aliphatic carbocycles. The van der Waals surface area contributed by atoms with E-state index in [1.54, 1.807) is 12.1 Å². The number of carbonyl (C=O) groups is 2. The molecule has 4 rings (SSSR count). The van der Waals surface area contributed by atoms with Gasteiger partial charge in [-0.25, -0.2) is 18.9 Å². The summed E-state index contributed by atoms with van der Waals surface area (Å²) in [6.07, 6.45) is 0.613. The van der Waals surface area contributed by atoms with Crippen molar-refractivity contribution >= 4 is 12.1 Å². The average molecular weight is 412 g/mol. The molecule has 2 saturated heterocycles. The van der Waals surface area contributed by atoms with Gasteiger partial charge in [0.2, 0.25) is 0 Å². The van der Waals surface area contributed by atoms with E-state index >= 15 is 0 Å². The summed E-state index contributed by atoms with van der Waals surface area (Å²) in [6, 6.07) is 13.1. The summed E-state index contributed by atoms with van der Waals surface area (Å²) in [5, 5.41) is 8.85. The fraction of sp³-hybridized carbons (Fsp3) is 0.364. The van der Waals surface area contributed by atoms with Gasteiger partial charge in [0.05, 0.1) is 0 Å². The van der Waals surface area contributed by atoms with Crippen LogP contribution in [0.25, 0.3) is 11.1 Å². The minimum absolute atomic E-state index is 0.148. The van der Waals surface area contributed by atoms with Crippen molar-refractivity contribution in [1.82, 2.24) is 20.9 Å². The van der Waals surface area contributed by atoms with Crippen molar-refractivity contribution in [3.63, 3.8) is 0 Å². The van der Waals surface area contributed by atoms with Gasteiger partial charge in [0, 0.05) is 25.3 Å². The molecular formula is C22H25FN4O3. The number of nitrogens with one attached hydrogen (secondary N) is 3. The van der Waals surface area contributed by atoms with Crippen LogP contribution in [0.4, 0.5) is 14.0 Å². The van der Waals surface area contributed by atoms with Gasteiger partial charge >= 0.3 is 12.1 Å². The number of imide groups is 1. The largest absolute Gasteiger partial charge is 0.381 e. The van der Waals surface area contributed by atoms with E-state index in [1.165, 1.54) is 17.0 Å². The molecule has 2 aromatic rings. The topological polar surface area (TPSA) is 82.7 Å². The third kappa shape index (κ3) is 4.44. The van der Waals surface area contributed by atoms with E-state index in [0.29, 0.717) is 26.1 Å². The van der Waals surface area contributed by atoms with Gasteiger partial charge in [0.15, 0.2) is 6.29 Å². The Bertz CT molecular complexity index is 897. The van der Waals surface area contributed by atoms with Crippen LogP contribution in [0.3, 0.4) is 0 Å². The van der Waals surface area contributed by atoms with Crippen LogP contribution < -0.4 is 16.0 Å². The van der Waals surface area contributed by atoms with Gasteiger partial charge in [-0.05, 0) is 54.7 Å². The van der Waals surface area contributed by atoms with Crippen LogP contribution in [-0.2, 0) is 4.74 Å². The van der Waals surface area contributed by atoms with E-state index in [-0.39, 0.29) is 17.9 Å².